The monoisotopic (exact) mass is 445 g/mol. The van der Waals surface area contributed by atoms with Gasteiger partial charge in [-0.3, -0.25) is 4.79 Å². The molecule has 0 spiro atoms. The molecular formula is C25H27N5O3. The van der Waals surface area contributed by atoms with E-state index in [9.17, 15) is 9.90 Å². The minimum Gasteiger partial charge on any atom is -0.504 e. The summed E-state index contributed by atoms with van der Waals surface area (Å²) in [6, 6.07) is 14.7. The van der Waals surface area contributed by atoms with E-state index >= 15 is 0 Å². The number of amides is 1. The standard InChI is InChI=1S/C25H27N5O3/c1-16(2)18-6-5-7-19(14-18)30-15-21(31)23(28-30)25(32)27-22(24-26-12-13-29(24)3)17-8-10-20(33-4)11-9-17/h5-16,22,31H,1-4H3,(H,27,32). The minimum atomic E-state index is -0.544. The van der Waals surface area contributed by atoms with Crippen molar-refractivity contribution in [3.05, 3.63) is 89.8 Å². The van der Waals surface area contributed by atoms with Crippen molar-refractivity contribution < 1.29 is 14.6 Å². The van der Waals surface area contributed by atoms with Gasteiger partial charge in [-0.15, -0.1) is 0 Å². The Balaban J connectivity index is 1.65. The van der Waals surface area contributed by atoms with Gasteiger partial charge in [-0.05, 0) is 41.3 Å². The number of carbonyl (C=O) groups excluding carboxylic acids is 1. The Bertz CT molecular complexity index is 1260. The van der Waals surface area contributed by atoms with Gasteiger partial charge in [0.2, 0.25) is 0 Å². The lowest BCUT2D eigenvalue weighted by atomic mass is 10.0. The molecule has 4 aromatic rings. The Morgan fingerprint density at radius 2 is 1.88 bits per heavy atom. The maximum absolute atomic E-state index is 13.2. The molecule has 2 aromatic carbocycles. The molecule has 2 aromatic heterocycles. The van der Waals surface area contributed by atoms with Crippen LogP contribution >= 0.6 is 0 Å². The summed E-state index contributed by atoms with van der Waals surface area (Å²) in [6.07, 6.45) is 4.93. The molecule has 0 fully saturated rings. The first-order valence-corrected chi connectivity index (χ1v) is 10.7. The number of methoxy groups -OCH3 is 1. The number of benzene rings is 2. The number of nitrogens with zero attached hydrogens (tertiary/aromatic N) is 4. The van der Waals surface area contributed by atoms with Crippen molar-refractivity contribution in [3.63, 3.8) is 0 Å². The molecule has 0 saturated heterocycles. The molecule has 0 aliphatic heterocycles. The first-order valence-electron chi connectivity index (χ1n) is 10.7. The Morgan fingerprint density at radius 3 is 2.52 bits per heavy atom. The molecule has 1 amide bonds. The van der Waals surface area contributed by atoms with Crippen LogP contribution in [0.15, 0.2) is 67.1 Å². The summed E-state index contributed by atoms with van der Waals surface area (Å²) in [6.45, 7) is 4.21. The topological polar surface area (TPSA) is 94.2 Å². The van der Waals surface area contributed by atoms with E-state index < -0.39 is 11.9 Å². The van der Waals surface area contributed by atoms with Crippen molar-refractivity contribution in [1.29, 1.82) is 0 Å². The number of aryl methyl sites for hydroxylation is 1. The minimum absolute atomic E-state index is 0.0577. The largest absolute Gasteiger partial charge is 0.504 e. The third kappa shape index (κ3) is 4.59. The number of aromatic hydroxyl groups is 1. The van der Waals surface area contributed by atoms with Gasteiger partial charge in [-0.25, -0.2) is 9.67 Å². The molecule has 0 radical (unpaired) electrons. The first kappa shape index (κ1) is 22.1. The van der Waals surface area contributed by atoms with Crippen LogP contribution in [0.4, 0.5) is 0 Å². The summed E-state index contributed by atoms with van der Waals surface area (Å²) >= 11 is 0. The summed E-state index contributed by atoms with van der Waals surface area (Å²) in [5.74, 6) is 1.01. The Labute approximate surface area is 192 Å². The van der Waals surface area contributed by atoms with Crippen LogP contribution in [0.3, 0.4) is 0 Å². The SMILES string of the molecule is COc1ccc(C(NC(=O)c2nn(-c3cccc(C(C)C)c3)cc2O)c2nccn2C)cc1. The molecule has 2 heterocycles. The lowest BCUT2D eigenvalue weighted by Crippen LogP contribution is -2.31. The molecule has 1 atom stereocenters. The molecule has 0 aliphatic carbocycles. The van der Waals surface area contributed by atoms with Crippen molar-refractivity contribution in [2.24, 2.45) is 7.05 Å². The van der Waals surface area contributed by atoms with E-state index in [1.807, 2.05) is 66.3 Å². The fourth-order valence-electron chi connectivity index (χ4n) is 3.63. The first-order chi connectivity index (χ1) is 15.9. The van der Waals surface area contributed by atoms with Crippen LogP contribution in [0.25, 0.3) is 5.69 Å². The number of ether oxygens (including phenoxy) is 1. The fraction of sp³-hybridized carbons (Fsp3) is 0.240. The van der Waals surface area contributed by atoms with E-state index in [4.69, 9.17) is 4.74 Å². The summed E-state index contributed by atoms with van der Waals surface area (Å²) in [4.78, 5) is 17.6. The molecule has 0 aliphatic rings. The van der Waals surface area contributed by atoms with Gasteiger partial charge in [-0.2, -0.15) is 5.10 Å². The number of hydrogen-bond donors (Lipinski definition) is 2. The number of aromatic nitrogens is 4. The van der Waals surface area contributed by atoms with Crippen molar-refractivity contribution >= 4 is 5.91 Å². The van der Waals surface area contributed by atoms with E-state index in [1.54, 1.807) is 13.3 Å². The average molecular weight is 446 g/mol. The van der Waals surface area contributed by atoms with Crippen LogP contribution in [0.1, 0.15) is 53.2 Å². The van der Waals surface area contributed by atoms with Crippen LogP contribution < -0.4 is 10.1 Å². The normalized spacial score (nSPS) is 12.0. The summed E-state index contributed by atoms with van der Waals surface area (Å²) in [7, 11) is 3.46. The van der Waals surface area contributed by atoms with Crippen LogP contribution in [-0.4, -0.2) is 37.5 Å². The summed E-state index contributed by atoms with van der Waals surface area (Å²) in [5, 5.41) is 17.8. The number of rotatable bonds is 7. The van der Waals surface area contributed by atoms with Gasteiger partial charge in [0.1, 0.15) is 17.6 Å². The zero-order valence-electron chi connectivity index (χ0n) is 19.1. The Hall–Kier alpha value is -4.07. The second kappa shape index (κ2) is 9.20. The van der Waals surface area contributed by atoms with Crippen molar-refractivity contribution in [2.75, 3.05) is 7.11 Å². The highest BCUT2D eigenvalue weighted by Gasteiger charge is 2.25. The predicted octanol–water partition coefficient (Wildman–Crippen LogP) is 3.96. The molecular weight excluding hydrogens is 418 g/mol. The molecule has 0 bridgehead atoms. The maximum atomic E-state index is 13.2. The molecule has 4 rings (SSSR count). The predicted molar refractivity (Wildman–Crippen MR) is 125 cm³/mol. The lowest BCUT2D eigenvalue weighted by molar-refractivity contribution is 0.0933. The number of imidazole rings is 1. The van der Waals surface area contributed by atoms with E-state index in [0.717, 1.165) is 16.8 Å². The second-order valence-corrected chi connectivity index (χ2v) is 8.13. The number of nitrogens with one attached hydrogen (secondary N) is 1. The van der Waals surface area contributed by atoms with Gasteiger partial charge >= 0.3 is 0 Å². The fourth-order valence-corrected chi connectivity index (χ4v) is 3.63. The molecule has 8 heteroatoms. The van der Waals surface area contributed by atoms with Crippen molar-refractivity contribution in [3.8, 4) is 17.2 Å². The molecule has 1 unspecified atom stereocenters. The van der Waals surface area contributed by atoms with Gasteiger partial charge < -0.3 is 19.7 Å². The molecule has 2 N–H and O–H groups in total. The van der Waals surface area contributed by atoms with Gasteiger partial charge in [-0.1, -0.05) is 38.1 Å². The van der Waals surface area contributed by atoms with Gasteiger partial charge in [0.25, 0.3) is 5.91 Å². The van der Waals surface area contributed by atoms with Crippen LogP contribution in [0.2, 0.25) is 0 Å². The molecule has 0 saturated carbocycles. The van der Waals surface area contributed by atoms with Gasteiger partial charge in [0.05, 0.1) is 19.0 Å². The molecule has 170 valence electrons. The summed E-state index contributed by atoms with van der Waals surface area (Å²) < 4.78 is 8.59. The summed E-state index contributed by atoms with van der Waals surface area (Å²) in [5.41, 5.74) is 2.67. The van der Waals surface area contributed by atoms with Gasteiger partial charge in [0, 0.05) is 19.4 Å². The van der Waals surface area contributed by atoms with E-state index in [1.165, 1.54) is 10.9 Å². The maximum Gasteiger partial charge on any atom is 0.276 e. The van der Waals surface area contributed by atoms with E-state index in [0.29, 0.717) is 17.5 Å². The van der Waals surface area contributed by atoms with Crippen LogP contribution in [-0.2, 0) is 7.05 Å². The van der Waals surface area contributed by atoms with Crippen molar-refractivity contribution in [1.82, 2.24) is 24.6 Å². The highest BCUT2D eigenvalue weighted by molar-refractivity contribution is 5.95. The van der Waals surface area contributed by atoms with E-state index in [-0.39, 0.29) is 11.4 Å². The van der Waals surface area contributed by atoms with Crippen molar-refractivity contribution in [2.45, 2.75) is 25.8 Å². The lowest BCUT2D eigenvalue weighted by Gasteiger charge is -2.19. The quantitative estimate of drug-likeness (QED) is 0.449. The third-order valence-electron chi connectivity index (χ3n) is 5.55. The Kier molecular flexibility index (Phi) is 6.17. The zero-order chi connectivity index (χ0) is 23.5. The molecule has 33 heavy (non-hydrogen) atoms. The number of carbonyl (C=O) groups is 1. The van der Waals surface area contributed by atoms with Crippen LogP contribution in [0, 0.1) is 0 Å². The average Bonchev–Trinajstić information content (AvgIpc) is 3.43. The van der Waals surface area contributed by atoms with E-state index in [2.05, 4.69) is 29.2 Å². The van der Waals surface area contributed by atoms with Gasteiger partial charge in [0.15, 0.2) is 11.4 Å². The highest BCUT2D eigenvalue weighted by Crippen LogP contribution is 2.26. The smallest absolute Gasteiger partial charge is 0.276 e. The highest BCUT2D eigenvalue weighted by atomic mass is 16.5. The van der Waals surface area contributed by atoms with Crippen LogP contribution in [0.5, 0.6) is 11.5 Å². The number of hydrogen-bond acceptors (Lipinski definition) is 5. The zero-order valence-corrected chi connectivity index (χ0v) is 19.1. The third-order valence-corrected chi connectivity index (χ3v) is 5.55. The second-order valence-electron chi connectivity index (χ2n) is 8.13. The molecule has 8 nitrogen and oxygen atoms in total. The Morgan fingerprint density at radius 1 is 1.12 bits per heavy atom.